The van der Waals surface area contributed by atoms with E-state index in [1.807, 2.05) is 0 Å². The van der Waals surface area contributed by atoms with Crippen LogP contribution in [0.5, 0.6) is 0 Å². The van der Waals surface area contributed by atoms with Crippen molar-refractivity contribution in [1.29, 1.82) is 0 Å². The van der Waals surface area contributed by atoms with Crippen molar-refractivity contribution < 1.29 is 4.92 Å². The predicted molar refractivity (Wildman–Crippen MR) is 58.4 cm³/mol. The van der Waals surface area contributed by atoms with Gasteiger partial charge >= 0.3 is 0 Å². The first-order valence-corrected chi connectivity index (χ1v) is 4.54. The van der Waals surface area contributed by atoms with E-state index in [1.165, 1.54) is 12.4 Å². The Morgan fingerprint density at radius 1 is 1.25 bits per heavy atom. The molecule has 0 unspecified atom stereocenters. The summed E-state index contributed by atoms with van der Waals surface area (Å²) in [4.78, 5) is 18.0. The SMILES string of the molecule is O=[N+]([O-])c1ccccc1Nc1ccncn1. The van der Waals surface area contributed by atoms with E-state index in [0.29, 0.717) is 11.5 Å². The lowest BCUT2D eigenvalue weighted by molar-refractivity contribution is -0.383. The minimum Gasteiger partial charge on any atom is -0.335 e. The quantitative estimate of drug-likeness (QED) is 0.627. The van der Waals surface area contributed by atoms with Gasteiger partial charge in [0.25, 0.3) is 5.69 Å². The number of anilines is 2. The zero-order valence-electron chi connectivity index (χ0n) is 8.20. The van der Waals surface area contributed by atoms with Gasteiger partial charge in [0.15, 0.2) is 0 Å². The third-order valence-electron chi connectivity index (χ3n) is 1.95. The third-order valence-corrected chi connectivity index (χ3v) is 1.95. The number of aromatic nitrogens is 2. The van der Waals surface area contributed by atoms with Crippen molar-refractivity contribution in [2.24, 2.45) is 0 Å². The van der Waals surface area contributed by atoms with Crippen molar-refractivity contribution in [3.63, 3.8) is 0 Å². The molecule has 0 bridgehead atoms. The molecule has 6 heteroatoms. The van der Waals surface area contributed by atoms with Gasteiger partial charge < -0.3 is 5.32 Å². The Morgan fingerprint density at radius 3 is 2.75 bits per heavy atom. The van der Waals surface area contributed by atoms with Gasteiger partial charge in [0.05, 0.1) is 4.92 Å². The number of para-hydroxylation sites is 2. The molecule has 1 aromatic carbocycles. The molecule has 0 aliphatic rings. The maximum Gasteiger partial charge on any atom is 0.292 e. The highest BCUT2D eigenvalue weighted by atomic mass is 16.6. The number of nitro groups is 1. The normalized spacial score (nSPS) is 9.75. The number of nitrogens with one attached hydrogen (secondary N) is 1. The molecule has 0 radical (unpaired) electrons. The second-order valence-electron chi connectivity index (χ2n) is 2.99. The molecule has 0 saturated carbocycles. The van der Waals surface area contributed by atoms with Crippen molar-refractivity contribution in [3.05, 3.63) is 53.0 Å². The van der Waals surface area contributed by atoms with Crippen LogP contribution in [0.15, 0.2) is 42.9 Å². The molecule has 1 aromatic heterocycles. The van der Waals surface area contributed by atoms with Gasteiger partial charge in [0, 0.05) is 12.3 Å². The molecule has 0 fully saturated rings. The van der Waals surface area contributed by atoms with Gasteiger partial charge in [-0.05, 0) is 12.1 Å². The lowest BCUT2D eigenvalue weighted by Gasteiger charge is -2.04. The summed E-state index contributed by atoms with van der Waals surface area (Å²) in [7, 11) is 0. The van der Waals surface area contributed by atoms with Gasteiger partial charge in [-0.1, -0.05) is 12.1 Å². The molecule has 0 spiro atoms. The van der Waals surface area contributed by atoms with Crippen molar-refractivity contribution in [2.75, 3.05) is 5.32 Å². The number of benzene rings is 1. The molecule has 2 rings (SSSR count). The van der Waals surface area contributed by atoms with E-state index in [-0.39, 0.29) is 5.69 Å². The fourth-order valence-electron chi connectivity index (χ4n) is 1.24. The highest BCUT2D eigenvalue weighted by Crippen LogP contribution is 2.25. The zero-order valence-corrected chi connectivity index (χ0v) is 8.20. The summed E-state index contributed by atoms with van der Waals surface area (Å²) < 4.78 is 0. The van der Waals surface area contributed by atoms with Crippen LogP contribution in [0, 0.1) is 10.1 Å². The minimum absolute atomic E-state index is 0.0149. The van der Waals surface area contributed by atoms with Crippen LogP contribution in [0.25, 0.3) is 0 Å². The topological polar surface area (TPSA) is 81.0 Å². The van der Waals surface area contributed by atoms with Crippen LogP contribution in [0.4, 0.5) is 17.2 Å². The molecule has 1 N–H and O–H groups in total. The summed E-state index contributed by atoms with van der Waals surface area (Å²) in [5.41, 5.74) is 0.423. The molecule has 6 nitrogen and oxygen atoms in total. The number of rotatable bonds is 3. The molecule has 0 aliphatic carbocycles. The largest absolute Gasteiger partial charge is 0.335 e. The highest BCUT2D eigenvalue weighted by Gasteiger charge is 2.12. The number of nitro benzene ring substituents is 1. The van der Waals surface area contributed by atoms with Crippen LogP contribution in [-0.2, 0) is 0 Å². The van der Waals surface area contributed by atoms with Crippen LogP contribution < -0.4 is 5.32 Å². The molecule has 16 heavy (non-hydrogen) atoms. The zero-order chi connectivity index (χ0) is 11.4. The van der Waals surface area contributed by atoms with E-state index >= 15 is 0 Å². The number of hydrogen-bond donors (Lipinski definition) is 1. The second kappa shape index (κ2) is 4.35. The molecule has 0 atom stereocenters. The van der Waals surface area contributed by atoms with Crippen LogP contribution in [-0.4, -0.2) is 14.9 Å². The van der Waals surface area contributed by atoms with E-state index in [2.05, 4.69) is 15.3 Å². The standard InChI is InChI=1S/C10H8N4O2/c15-14(16)9-4-2-1-3-8(9)13-10-5-6-11-7-12-10/h1-7H,(H,11,12,13). The molecular weight excluding hydrogens is 208 g/mol. The van der Waals surface area contributed by atoms with E-state index in [1.54, 1.807) is 30.5 Å². The summed E-state index contributed by atoms with van der Waals surface area (Å²) in [5, 5.41) is 13.6. The van der Waals surface area contributed by atoms with Crippen molar-refractivity contribution >= 4 is 17.2 Å². The first kappa shape index (κ1) is 10.0. The summed E-state index contributed by atoms with van der Waals surface area (Å²) in [5.74, 6) is 0.518. The predicted octanol–water partition coefficient (Wildman–Crippen LogP) is 2.13. The maximum absolute atomic E-state index is 10.7. The first-order chi connectivity index (χ1) is 7.77. The number of hydrogen-bond acceptors (Lipinski definition) is 5. The molecule has 0 aliphatic heterocycles. The second-order valence-corrected chi connectivity index (χ2v) is 2.99. The summed E-state index contributed by atoms with van der Waals surface area (Å²) in [6.45, 7) is 0. The Hall–Kier alpha value is -2.50. The minimum atomic E-state index is -0.441. The van der Waals surface area contributed by atoms with Crippen molar-refractivity contribution in [1.82, 2.24) is 9.97 Å². The van der Waals surface area contributed by atoms with Crippen LogP contribution in [0.3, 0.4) is 0 Å². The molecule has 2 aromatic rings. The Morgan fingerprint density at radius 2 is 2.06 bits per heavy atom. The molecule has 80 valence electrons. The van der Waals surface area contributed by atoms with E-state index in [9.17, 15) is 10.1 Å². The average Bonchev–Trinajstić information content (AvgIpc) is 2.31. The average molecular weight is 216 g/mol. The van der Waals surface area contributed by atoms with E-state index in [0.717, 1.165) is 0 Å². The maximum atomic E-state index is 10.7. The van der Waals surface area contributed by atoms with Gasteiger partial charge in [-0.15, -0.1) is 0 Å². The van der Waals surface area contributed by atoms with Crippen molar-refractivity contribution in [2.45, 2.75) is 0 Å². The van der Waals surface area contributed by atoms with Gasteiger partial charge in [0.2, 0.25) is 0 Å². The van der Waals surface area contributed by atoms with Crippen LogP contribution >= 0.6 is 0 Å². The van der Waals surface area contributed by atoms with E-state index in [4.69, 9.17) is 0 Å². The Kier molecular flexibility index (Phi) is 2.73. The smallest absolute Gasteiger partial charge is 0.292 e. The monoisotopic (exact) mass is 216 g/mol. The Labute approximate surface area is 91.1 Å². The van der Waals surface area contributed by atoms with Gasteiger partial charge in [-0.25, -0.2) is 9.97 Å². The van der Waals surface area contributed by atoms with E-state index < -0.39 is 4.92 Å². The summed E-state index contributed by atoms with van der Waals surface area (Å²) >= 11 is 0. The number of nitrogens with zero attached hydrogens (tertiary/aromatic N) is 3. The fourth-order valence-corrected chi connectivity index (χ4v) is 1.24. The van der Waals surface area contributed by atoms with Gasteiger partial charge in [-0.2, -0.15) is 0 Å². The Bertz CT molecular complexity index is 501. The molecule has 1 heterocycles. The van der Waals surface area contributed by atoms with Gasteiger partial charge in [0.1, 0.15) is 17.8 Å². The summed E-state index contributed by atoms with van der Waals surface area (Å²) in [6, 6.07) is 8.03. The highest BCUT2D eigenvalue weighted by molar-refractivity contribution is 5.67. The fraction of sp³-hybridized carbons (Fsp3) is 0. The van der Waals surface area contributed by atoms with Crippen LogP contribution in [0.1, 0.15) is 0 Å². The van der Waals surface area contributed by atoms with Crippen molar-refractivity contribution in [3.8, 4) is 0 Å². The van der Waals surface area contributed by atoms with Crippen LogP contribution in [0.2, 0.25) is 0 Å². The third kappa shape index (κ3) is 2.11. The van der Waals surface area contributed by atoms with Gasteiger partial charge in [-0.3, -0.25) is 10.1 Å². The summed E-state index contributed by atoms with van der Waals surface area (Å²) in [6.07, 6.45) is 2.93. The molecular formula is C10H8N4O2. The Balaban J connectivity index is 2.31. The lowest BCUT2D eigenvalue weighted by atomic mass is 10.2. The molecule has 0 saturated heterocycles. The lowest BCUT2D eigenvalue weighted by Crippen LogP contribution is -1.98. The first-order valence-electron chi connectivity index (χ1n) is 4.54. The molecule has 0 amide bonds.